The van der Waals surface area contributed by atoms with Crippen molar-refractivity contribution in [2.24, 2.45) is 0 Å². The monoisotopic (exact) mass is 442 g/mol. The number of amides is 3. The Kier molecular flexibility index (Phi) is 6.27. The van der Waals surface area contributed by atoms with E-state index in [-0.39, 0.29) is 12.5 Å². The molecule has 1 aliphatic rings. The summed E-state index contributed by atoms with van der Waals surface area (Å²) in [5.41, 5.74) is 1.24. The SMILES string of the molecule is COc1cccc(CN2C(=O)N(c3cnn(C/C(C(C)=N)=C(\C)P)c3)C(=O)C2(C)C)n1. The van der Waals surface area contributed by atoms with Crippen molar-refractivity contribution >= 4 is 32.6 Å². The Morgan fingerprint density at radius 1 is 1.26 bits per heavy atom. The lowest BCUT2D eigenvalue weighted by atomic mass is 10.0. The molecule has 9 nitrogen and oxygen atoms in total. The number of carbonyl (C=O) groups is 2. The molecule has 31 heavy (non-hydrogen) atoms. The molecule has 1 N–H and O–H groups in total. The predicted molar refractivity (Wildman–Crippen MR) is 121 cm³/mol. The molecule has 0 spiro atoms. The number of methoxy groups -OCH3 is 1. The van der Waals surface area contributed by atoms with Crippen LogP contribution in [0.25, 0.3) is 0 Å². The van der Waals surface area contributed by atoms with Crippen molar-refractivity contribution in [3.63, 3.8) is 0 Å². The lowest BCUT2D eigenvalue weighted by molar-refractivity contribution is -0.123. The number of pyridine rings is 1. The molecule has 1 atom stereocenters. The number of aromatic nitrogens is 3. The Morgan fingerprint density at radius 2 is 1.97 bits per heavy atom. The van der Waals surface area contributed by atoms with Crippen molar-refractivity contribution in [2.45, 2.75) is 46.3 Å². The molecule has 0 bridgehead atoms. The zero-order valence-corrected chi connectivity index (χ0v) is 19.5. The third kappa shape index (κ3) is 4.37. The van der Waals surface area contributed by atoms with Gasteiger partial charge in [0.25, 0.3) is 5.91 Å². The molecule has 1 unspecified atom stereocenters. The van der Waals surface area contributed by atoms with E-state index in [0.29, 0.717) is 29.5 Å². The first-order chi connectivity index (χ1) is 14.6. The topological polar surface area (TPSA) is 104 Å². The smallest absolute Gasteiger partial charge is 0.332 e. The van der Waals surface area contributed by atoms with E-state index in [2.05, 4.69) is 19.3 Å². The maximum atomic E-state index is 13.2. The van der Waals surface area contributed by atoms with Gasteiger partial charge in [0, 0.05) is 18.0 Å². The fourth-order valence-corrected chi connectivity index (χ4v) is 3.71. The zero-order chi connectivity index (χ0) is 22.9. The molecule has 3 heterocycles. The summed E-state index contributed by atoms with van der Waals surface area (Å²) in [6, 6.07) is 4.88. The quantitative estimate of drug-likeness (QED) is 0.403. The molecule has 0 saturated carbocycles. The highest BCUT2D eigenvalue weighted by Gasteiger charge is 2.52. The number of urea groups is 1. The number of nitrogens with zero attached hydrogens (tertiary/aromatic N) is 5. The Bertz CT molecular complexity index is 1070. The molecule has 0 aliphatic carbocycles. The van der Waals surface area contributed by atoms with E-state index >= 15 is 0 Å². The van der Waals surface area contributed by atoms with Crippen LogP contribution < -0.4 is 9.64 Å². The van der Waals surface area contributed by atoms with Crippen LogP contribution in [0, 0.1) is 5.41 Å². The third-order valence-corrected chi connectivity index (χ3v) is 5.61. The Balaban J connectivity index is 1.87. The second kappa shape index (κ2) is 8.59. The van der Waals surface area contributed by atoms with Crippen LogP contribution in [-0.2, 0) is 17.9 Å². The van der Waals surface area contributed by atoms with Gasteiger partial charge in [-0.15, -0.1) is 9.24 Å². The summed E-state index contributed by atoms with van der Waals surface area (Å²) in [4.78, 5) is 33.4. The molecule has 0 aromatic carbocycles. The van der Waals surface area contributed by atoms with Crippen LogP contribution in [0.5, 0.6) is 5.88 Å². The minimum absolute atomic E-state index is 0.172. The second-order valence-electron chi connectivity index (χ2n) is 7.92. The average molecular weight is 442 g/mol. The minimum atomic E-state index is -1.04. The fourth-order valence-electron chi connectivity index (χ4n) is 3.41. The number of nitrogens with one attached hydrogen (secondary N) is 1. The number of rotatable bonds is 7. The van der Waals surface area contributed by atoms with Gasteiger partial charge in [0.05, 0.1) is 37.8 Å². The Morgan fingerprint density at radius 3 is 2.58 bits per heavy atom. The maximum absolute atomic E-state index is 13.2. The highest BCUT2D eigenvalue weighted by atomic mass is 31.0. The summed E-state index contributed by atoms with van der Waals surface area (Å²) in [5.74, 6) is 0.113. The maximum Gasteiger partial charge on any atom is 0.332 e. The number of anilines is 1. The molecular weight excluding hydrogens is 415 g/mol. The van der Waals surface area contributed by atoms with Crippen molar-refractivity contribution in [3.8, 4) is 5.88 Å². The van der Waals surface area contributed by atoms with Gasteiger partial charge in [-0.1, -0.05) is 6.07 Å². The first kappa shape index (κ1) is 22.6. The van der Waals surface area contributed by atoms with E-state index in [4.69, 9.17) is 10.1 Å². The van der Waals surface area contributed by atoms with E-state index < -0.39 is 11.6 Å². The van der Waals surface area contributed by atoms with Crippen LogP contribution in [0.4, 0.5) is 10.5 Å². The number of imide groups is 1. The normalized spacial score (nSPS) is 16.6. The number of allylic oxidation sites excluding steroid dienone is 2. The van der Waals surface area contributed by atoms with Crippen molar-refractivity contribution in [1.29, 1.82) is 5.41 Å². The van der Waals surface area contributed by atoms with Gasteiger partial charge in [-0.05, 0) is 44.6 Å². The van der Waals surface area contributed by atoms with E-state index in [1.165, 1.54) is 18.2 Å². The zero-order valence-electron chi connectivity index (χ0n) is 18.3. The van der Waals surface area contributed by atoms with Gasteiger partial charge < -0.3 is 15.0 Å². The molecule has 2 aromatic heterocycles. The van der Waals surface area contributed by atoms with Crippen molar-refractivity contribution < 1.29 is 14.3 Å². The Labute approximate surface area is 183 Å². The number of hydrogen-bond donors (Lipinski definition) is 1. The van der Waals surface area contributed by atoms with Gasteiger partial charge in [0.2, 0.25) is 5.88 Å². The van der Waals surface area contributed by atoms with E-state index in [1.54, 1.807) is 49.8 Å². The van der Waals surface area contributed by atoms with Crippen LogP contribution in [0.15, 0.2) is 41.5 Å². The molecule has 1 saturated heterocycles. The minimum Gasteiger partial charge on any atom is -0.481 e. The summed E-state index contributed by atoms with van der Waals surface area (Å²) in [6.45, 7) is 7.60. The van der Waals surface area contributed by atoms with Crippen molar-refractivity contribution in [2.75, 3.05) is 12.0 Å². The van der Waals surface area contributed by atoms with Gasteiger partial charge in [-0.2, -0.15) is 5.10 Å². The largest absolute Gasteiger partial charge is 0.481 e. The molecule has 2 aromatic rings. The van der Waals surface area contributed by atoms with Gasteiger partial charge in [0.15, 0.2) is 0 Å². The standard InChI is InChI=1S/C21H27N6O3P/c1-13(22)17(14(2)31)12-25-11-16(9-23-25)27-19(28)21(3,4)26(20(27)29)10-15-7-6-8-18(24-15)30-5/h6-9,11,22H,10,12,31H2,1-5H3/b17-14-,22-13?. The lowest BCUT2D eigenvalue weighted by Crippen LogP contribution is -2.43. The van der Waals surface area contributed by atoms with Crippen LogP contribution in [0.2, 0.25) is 0 Å². The molecule has 3 amide bonds. The molecule has 164 valence electrons. The molecule has 10 heteroatoms. The summed E-state index contributed by atoms with van der Waals surface area (Å²) >= 11 is 0. The first-order valence-electron chi connectivity index (χ1n) is 9.75. The number of ether oxygens (including phenoxy) is 1. The highest BCUT2D eigenvalue weighted by molar-refractivity contribution is 7.22. The van der Waals surface area contributed by atoms with Gasteiger partial charge in [-0.3, -0.25) is 9.48 Å². The molecular formula is C21H27N6O3P. The summed E-state index contributed by atoms with van der Waals surface area (Å²) in [7, 11) is 4.12. The number of hydrogen-bond acceptors (Lipinski definition) is 6. The van der Waals surface area contributed by atoms with Crippen LogP contribution >= 0.6 is 9.24 Å². The summed E-state index contributed by atoms with van der Waals surface area (Å²) < 4.78 is 6.78. The summed E-state index contributed by atoms with van der Waals surface area (Å²) in [5, 5.41) is 13.2. The van der Waals surface area contributed by atoms with E-state index in [9.17, 15) is 9.59 Å². The van der Waals surface area contributed by atoms with Gasteiger partial charge >= 0.3 is 6.03 Å². The third-order valence-electron chi connectivity index (χ3n) is 5.26. The molecule has 0 radical (unpaired) electrons. The predicted octanol–water partition coefficient (Wildman–Crippen LogP) is 3.22. The first-order valence-corrected chi connectivity index (χ1v) is 10.3. The molecule has 1 aliphatic heterocycles. The van der Waals surface area contributed by atoms with Crippen LogP contribution in [0.3, 0.4) is 0 Å². The molecule has 3 rings (SSSR count). The van der Waals surface area contributed by atoms with Crippen molar-refractivity contribution in [3.05, 3.63) is 47.2 Å². The molecule has 1 fully saturated rings. The fraction of sp³-hybridized carbons (Fsp3) is 0.381. The average Bonchev–Trinajstić information content (AvgIpc) is 3.23. The second-order valence-corrected chi connectivity index (χ2v) is 8.79. The highest BCUT2D eigenvalue weighted by Crippen LogP contribution is 2.33. The van der Waals surface area contributed by atoms with E-state index in [0.717, 1.165) is 15.8 Å². The number of carbonyl (C=O) groups excluding carboxylic acids is 2. The Hall–Kier alpha value is -3.06. The van der Waals surface area contributed by atoms with Gasteiger partial charge in [-0.25, -0.2) is 14.7 Å². The van der Waals surface area contributed by atoms with Crippen LogP contribution in [-0.4, -0.2) is 50.0 Å². The summed E-state index contributed by atoms with van der Waals surface area (Å²) in [6.07, 6.45) is 3.14. The van der Waals surface area contributed by atoms with E-state index in [1.807, 2.05) is 6.92 Å². The lowest BCUT2D eigenvalue weighted by Gasteiger charge is -2.27. The van der Waals surface area contributed by atoms with Crippen LogP contribution in [0.1, 0.15) is 33.4 Å². The van der Waals surface area contributed by atoms with Crippen molar-refractivity contribution in [1.82, 2.24) is 19.7 Å². The van der Waals surface area contributed by atoms with Gasteiger partial charge in [0.1, 0.15) is 5.54 Å².